The van der Waals surface area contributed by atoms with E-state index >= 15 is 0 Å². The van der Waals surface area contributed by atoms with Crippen molar-refractivity contribution in [3.05, 3.63) is 24.3 Å². The van der Waals surface area contributed by atoms with Crippen LogP contribution in [0.3, 0.4) is 0 Å². The third kappa shape index (κ3) is 3.58. The van der Waals surface area contributed by atoms with E-state index < -0.39 is 0 Å². The first-order valence-corrected chi connectivity index (χ1v) is 5.41. The standard InChI is InChI=1S/C11H18N4O/c1-8(2)10(3-4-12)15-11(16)9-5-13-7-14-6-9/h5-8,10H,3-4,12H2,1-2H3,(H,15,16). The number of rotatable bonds is 5. The van der Waals surface area contributed by atoms with Crippen LogP contribution >= 0.6 is 0 Å². The Morgan fingerprint density at radius 3 is 2.56 bits per heavy atom. The predicted molar refractivity (Wildman–Crippen MR) is 61.8 cm³/mol. The van der Waals surface area contributed by atoms with E-state index in [1.807, 2.05) is 0 Å². The maximum atomic E-state index is 11.8. The van der Waals surface area contributed by atoms with Gasteiger partial charge in [-0.3, -0.25) is 4.79 Å². The largest absolute Gasteiger partial charge is 0.349 e. The Kier molecular flexibility index (Phi) is 4.85. The van der Waals surface area contributed by atoms with Crippen LogP contribution in [0.5, 0.6) is 0 Å². The summed E-state index contributed by atoms with van der Waals surface area (Å²) in [7, 11) is 0. The van der Waals surface area contributed by atoms with E-state index in [2.05, 4.69) is 29.1 Å². The SMILES string of the molecule is CC(C)C(CCN)NC(=O)c1cncnc1. The highest BCUT2D eigenvalue weighted by molar-refractivity contribution is 5.93. The second kappa shape index (κ2) is 6.17. The van der Waals surface area contributed by atoms with Crippen LogP contribution in [0, 0.1) is 5.92 Å². The molecule has 1 aromatic heterocycles. The number of carbonyl (C=O) groups is 1. The van der Waals surface area contributed by atoms with Gasteiger partial charge >= 0.3 is 0 Å². The summed E-state index contributed by atoms with van der Waals surface area (Å²) < 4.78 is 0. The number of nitrogens with zero attached hydrogens (tertiary/aromatic N) is 2. The lowest BCUT2D eigenvalue weighted by Gasteiger charge is -2.21. The molecule has 0 bridgehead atoms. The molecule has 5 nitrogen and oxygen atoms in total. The lowest BCUT2D eigenvalue weighted by atomic mass is 10.0. The molecule has 0 fully saturated rings. The molecule has 0 aliphatic carbocycles. The number of nitrogens with two attached hydrogens (primary N) is 1. The molecule has 0 radical (unpaired) electrons. The molecule has 1 rings (SSSR count). The van der Waals surface area contributed by atoms with E-state index in [0.717, 1.165) is 6.42 Å². The van der Waals surface area contributed by atoms with Gasteiger partial charge in [0.15, 0.2) is 0 Å². The van der Waals surface area contributed by atoms with Gasteiger partial charge in [-0.1, -0.05) is 13.8 Å². The molecule has 1 unspecified atom stereocenters. The fourth-order valence-corrected chi connectivity index (χ4v) is 1.42. The zero-order valence-electron chi connectivity index (χ0n) is 9.68. The summed E-state index contributed by atoms with van der Waals surface area (Å²) in [5, 5.41) is 2.93. The number of amides is 1. The molecule has 0 saturated heterocycles. The first-order chi connectivity index (χ1) is 7.65. The zero-order chi connectivity index (χ0) is 12.0. The number of hydrogen-bond acceptors (Lipinski definition) is 4. The highest BCUT2D eigenvalue weighted by atomic mass is 16.1. The maximum absolute atomic E-state index is 11.8. The molecule has 1 heterocycles. The van der Waals surface area contributed by atoms with Gasteiger partial charge < -0.3 is 11.1 Å². The van der Waals surface area contributed by atoms with E-state index in [1.54, 1.807) is 0 Å². The molecule has 0 aliphatic heterocycles. The van der Waals surface area contributed by atoms with Crippen molar-refractivity contribution in [2.75, 3.05) is 6.54 Å². The van der Waals surface area contributed by atoms with Gasteiger partial charge in [-0.15, -0.1) is 0 Å². The Bertz CT molecular complexity index is 326. The smallest absolute Gasteiger partial charge is 0.254 e. The molecule has 16 heavy (non-hydrogen) atoms. The monoisotopic (exact) mass is 222 g/mol. The van der Waals surface area contributed by atoms with E-state index in [4.69, 9.17) is 5.73 Å². The van der Waals surface area contributed by atoms with Crippen molar-refractivity contribution in [3.63, 3.8) is 0 Å². The van der Waals surface area contributed by atoms with Crippen molar-refractivity contribution in [2.45, 2.75) is 26.3 Å². The van der Waals surface area contributed by atoms with Crippen LogP contribution in [-0.2, 0) is 0 Å². The average Bonchev–Trinajstić information content (AvgIpc) is 2.29. The van der Waals surface area contributed by atoms with Crippen LogP contribution in [0.2, 0.25) is 0 Å². The molecule has 1 aromatic rings. The minimum Gasteiger partial charge on any atom is -0.349 e. The van der Waals surface area contributed by atoms with Crippen LogP contribution in [-0.4, -0.2) is 28.5 Å². The molecule has 1 atom stereocenters. The minimum atomic E-state index is -0.146. The Morgan fingerprint density at radius 1 is 1.44 bits per heavy atom. The van der Waals surface area contributed by atoms with Crippen molar-refractivity contribution in [3.8, 4) is 0 Å². The third-order valence-electron chi connectivity index (χ3n) is 2.42. The molecule has 5 heteroatoms. The molecule has 0 aromatic carbocycles. The minimum absolute atomic E-state index is 0.0951. The molecule has 0 aliphatic rings. The number of aromatic nitrogens is 2. The fourth-order valence-electron chi connectivity index (χ4n) is 1.42. The summed E-state index contributed by atoms with van der Waals surface area (Å²) in [5.74, 6) is 0.213. The topological polar surface area (TPSA) is 80.9 Å². The summed E-state index contributed by atoms with van der Waals surface area (Å²) >= 11 is 0. The van der Waals surface area contributed by atoms with Crippen LogP contribution in [0.25, 0.3) is 0 Å². The lowest BCUT2D eigenvalue weighted by molar-refractivity contribution is 0.0923. The summed E-state index contributed by atoms with van der Waals surface area (Å²) in [5.41, 5.74) is 5.98. The Labute approximate surface area is 95.5 Å². The van der Waals surface area contributed by atoms with Gasteiger partial charge in [0.2, 0.25) is 0 Å². The molecule has 0 spiro atoms. The summed E-state index contributed by atoms with van der Waals surface area (Å²) in [6.45, 7) is 4.68. The van der Waals surface area contributed by atoms with Crippen molar-refractivity contribution in [1.82, 2.24) is 15.3 Å². The zero-order valence-corrected chi connectivity index (χ0v) is 9.68. The fraction of sp³-hybridized carbons (Fsp3) is 0.545. The summed E-state index contributed by atoms with van der Waals surface area (Å²) in [6.07, 6.45) is 5.18. The molecular weight excluding hydrogens is 204 g/mol. The van der Waals surface area contributed by atoms with Crippen molar-refractivity contribution in [2.24, 2.45) is 11.7 Å². The van der Waals surface area contributed by atoms with Crippen LogP contribution in [0.1, 0.15) is 30.6 Å². The molecule has 1 amide bonds. The summed E-state index contributed by atoms with van der Waals surface area (Å²) in [4.78, 5) is 19.4. The molecule has 3 N–H and O–H groups in total. The first kappa shape index (κ1) is 12.6. The second-order valence-electron chi connectivity index (χ2n) is 4.03. The van der Waals surface area contributed by atoms with Crippen LogP contribution in [0.15, 0.2) is 18.7 Å². The van der Waals surface area contributed by atoms with Gasteiger partial charge in [-0.25, -0.2) is 9.97 Å². The normalized spacial score (nSPS) is 12.5. The quantitative estimate of drug-likeness (QED) is 0.763. The van der Waals surface area contributed by atoms with E-state index in [9.17, 15) is 4.79 Å². The van der Waals surface area contributed by atoms with Crippen LogP contribution in [0.4, 0.5) is 0 Å². The molecule has 0 saturated carbocycles. The molecular formula is C11H18N4O. The van der Waals surface area contributed by atoms with Crippen molar-refractivity contribution in [1.29, 1.82) is 0 Å². The Morgan fingerprint density at radius 2 is 2.06 bits per heavy atom. The Balaban J connectivity index is 2.62. The maximum Gasteiger partial charge on any atom is 0.254 e. The van der Waals surface area contributed by atoms with Gasteiger partial charge in [0.05, 0.1) is 5.56 Å². The second-order valence-corrected chi connectivity index (χ2v) is 4.03. The lowest BCUT2D eigenvalue weighted by Crippen LogP contribution is -2.40. The van der Waals surface area contributed by atoms with E-state index in [0.29, 0.717) is 18.0 Å². The average molecular weight is 222 g/mol. The third-order valence-corrected chi connectivity index (χ3v) is 2.42. The Hall–Kier alpha value is -1.49. The summed E-state index contributed by atoms with van der Waals surface area (Å²) in [6, 6.07) is 0.0951. The number of hydrogen-bond donors (Lipinski definition) is 2. The van der Waals surface area contributed by atoms with Crippen molar-refractivity contribution < 1.29 is 4.79 Å². The molecule has 88 valence electrons. The van der Waals surface area contributed by atoms with Crippen LogP contribution < -0.4 is 11.1 Å². The highest BCUT2D eigenvalue weighted by Gasteiger charge is 2.16. The van der Waals surface area contributed by atoms with E-state index in [1.165, 1.54) is 18.7 Å². The van der Waals surface area contributed by atoms with Crippen molar-refractivity contribution >= 4 is 5.91 Å². The van der Waals surface area contributed by atoms with Gasteiger partial charge in [0.1, 0.15) is 6.33 Å². The predicted octanol–water partition coefficient (Wildman–Crippen LogP) is 0.580. The van der Waals surface area contributed by atoms with Gasteiger partial charge in [-0.2, -0.15) is 0 Å². The van der Waals surface area contributed by atoms with E-state index in [-0.39, 0.29) is 11.9 Å². The number of nitrogens with one attached hydrogen (secondary N) is 1. The van der Waals surface area contributed by atoms with Gasteiger partial charge in [0, 0.05) is 18.4 Å². The van der Waals surface area contributed by atoms with Gasteiger partial charge in [0.25, 0.3) is 5.91 Å². The highest BCUT2D eigenvalue weighted by Crippen LogP contribution is 2.06. The number of carbonyl (C=O) groups excluding carboxylic acids is 1. The first-order valence-electron chi connectivity index (χ1n) is 5.41. The van der Waals surface area contributed by atoms with Gasteiger partial charge in [-0.05, 0) is 18.9 Å².